The zero-order valence-corrected chi connectivity index (χ0v) is 13.7. The van der Waals surface area contributed by atoms with E-state index in [1.807, 2.05) is 43.3 Å². The van der Waals surface area contributed by atoms with Gasteiger partial charge in [-0.15, -0.1) is 0 Å². The maximum Gasteiger partial charge on any atom is 0.209 e. The Balaban J connectivity index is 1.87. The molecule has 1 N–H and O–H groups in total. The lowest BCUT2D eigenvalue weighted by molar-refractivity contribution is 0.415. The molecule has 1 heterocycles. The summed E-state index contributed by atoms with van der Waals surface area (Å²) in [6.45, 7) is 2.02. The first kappa shape index (κ1) is 15.2. The number of aliphatic imine (C=N–C) groups is 1. The molecule has 3 aromatic rings. The van der Waals surface area contributed by atoms with Crippen LogP contribution in [0.2, 0.25) is 0 Å². The van der Waals surface area contributed by atoms with Crippen LogP contribution in [0, 0.1) is 6.92 Å². The van der Waals surface area contributed by atoms with Gasteiger partial charge in [0.15, 0.2) is 0 Å². The van der Waals surface area contributed by atoms with Crippen LogP contribution in [0.25, 0.3) is 11.3 Å². The summed E-state index contributed by atoms with van der Waals surface area (Å²) in [6.07, 6.45) is 1.63. The summed E-state index contributed by atoms with van der Waals surface area (Å²) in [6, 6.07) is 14.9. The average Bonchev–Trinajstić information content (AvgIpc) is 2.95. The number of aromatic hydroxyl groups is 1. The second kappa shape index (κ2) is 6.62. The number of phenolic OH excluding ortho intramolecular Hbond substituents is 1. The number of phenols is 1. The van der Waals surface area contributed by atoms with Gasteiger partial charge in [-0.1, -0.05) is 23.5 Å². The Kier molecular flexibility index (Phi) is 4.39. The van der Waals surface area contributed by atoms with E-state index < -0.39 is 0 Å². The maximum atomic E-state index is 9.76. The topological polar surface area (TPSA) is 54.7 Å². The van der Waals surface area contributed by atoms with E-state index >= 15 is 0 Å². The van der Waals surface area contributed by atoms with Gasteiger partial charge in [-0.2, -0.15) is 0 Å². The molecule has 0 bridgehead atoms. The van der Waals surface area contributed by atoms with Gasteiger partial charge in [0.1, 0.15) is 11.5 Å². The van der Waals surface area contributed by atoms with Gasteiger partial charge in [-0.3, -0.25) is 0 Å². The summed E-state index contributed by atoms with van der Waals surface area (Å²) in [5.74, 6) is 1.03. The van der Waals surface area contributed by atoms with Crippen molar-refractivity contribution in [3.63, 3.8) is 0 Å². The van der Waals surface area contributed by atoms with Gasteiger partial charge in [0, 0.05) is 22.2 Å². The summed E-state index contributed by atoms with van der Waals surface area (Å²) in [5.41, 5.74) is 2.62. The van der Waals surface area contributed by atoms with Crippen molar-refractivity contribution in [2.24, 2.45) is 4.99 Å². The predicted molar refractivity (Wildman–Crippen MR) is 94.2 cm³/mol. The Morgan fingerprint density at radius 3 is 2.57 bits per heavy atom. The zero-order valence-electron chi connectivity index (χ0n) is 12.9. The number of para-hydroxylation sites is 1. The van der Waals surface area contributed by atoms with E-state index in [9.17, 15) is 5.11 Å². The standard InChI is InChI=1S/C18H16N2O2S/c1-12-17(13-7-9-15(22-2)10-8-13)20-18(23-12)19-11-14-5-3-4-6-16(14)21/h3-11,21H,1-2H3. The molecular weight excluding hydrogens is 308 g/mol. The fourth-order valence-electron chi connectivity index (χ4n) is 2.18. The highest BCUT2D eigenvalue weighted by molar-refractivity contribution is 7.15. The first-order valence-electron chi connectivity index (χ1n) is 7.11. The van der Waals surface area contributed by atoms with Crippen LogP contribution < -0.4 is 4.74 Å². The highest BCUT2D eigenvalue weighted by atomic mass is 32.1. The Hall–Kier alpha value is -2.66. The Bertz CT molecular complexity index is 838. The summed E-state index contributed by atoms with van der Waals surface area (Å²) in [7, 11) is 1.65. The third-order valence-electron chi connectivity index (χ3n) is 3.40. The van der Waals surface area contributed by atoms with Crippen LogP contribution in [0.1, 0.15) is 10.4 Å². The normalized spacial score (nSPS) is 11.0. The van der Waals surface area contributed by atoms with Crippen LogP contribution in [0.15, 0.2) is 53.5 Å². The molecule has 0 aliphatic carbocycles. The molecule has 5 heteroatoms. The van der Waals surface area contributed by atoms with E-state index in [0.29, 0.717) is 10.7 Å². The minimum absolute atomic E-state index is 0.208. The maximum absolute atomic E-state index is 9.76. The fraction of sp³-hybridized carbons (Fsp3) is 0.111. The number of aryl methyl sites for hydroxylation is 1. The van der Waals surface area contributed by atoms with Crippen LogP contribution in [0.3, 0.4) is 0 Å². The van der Waals surface area contributed by atoms with Gasteiger partial charge >= 0.3 is 0 Å². The van der Waals surface area contributed by atoms with Crippen molar-refractivity contribution in [1.82, 2.24) is 4.98 Å². The third-order valence-corrected chi connectivity index (χ3v) is 4.28. The summed E-state index contributed by atoms with van der Waals surface area (Å²) in [5, 5.41) is 10.4. The molecule has 0 atom stereocenters. The second-order valence-corrected chi connectivity index (χ2v) is 6.13. The third kappa shape index (κ3) is 3.40. The highest BCUT2D eigenvalue weighted by Gasteiger charge is 2.09. The first-order valence-corrected chi connectivity index (χ1v) is 7.93. The largest absolute Gasteiger partial charge is 0.507 e. The summed E-state index contributed by atoms with van der Waals surface area (Å²) in [4.78, 5) is 10.1. The van der Waals surface area contributed by atoms with Gasteiger partial charge in [0.05, 0.1) is 12.8 Å². The molecule has 0 radical (unpaired) electrons. The lowest BCUT2D eigenvalue weighted by atomic mass is 10.1. The minimum atomic E-state index is 0.208. The van der Waals surface area contributed by atoms with E-state index in [1.165, 1.54) is 11.3 Å². The number of ether oxygens (including phenoxy) is 1. The van der Waals surface area contributed by atoms with Crippen molar-refractivity contribution in [2.45, 2.75) is 6.92 Å². The lowest BCUT2D eigenvalue weighted by Crippen LogP contribution is -1.84. The van der Waals surface area contributed by atoms with Crippen LogP contribution in [0.5, 0.6) is 11.5 Å². The number of aromatic nitrogens is 1. The van der Waals surface area contributed by atoms with Crippen molar-refractivity contribution >= 4 is 22.7 Å². The molecule has 0 spiro atoms. The van der Waals surface area contributed by atoms with Crippen molar-refractivity contribution in [3.8, 4) is 22.8 Å². The van der Waals surface area contributed by atoms with Gasteiger partial charge in [-0.25, -0.2) is 9.98 Å². The number of thiazole rings is 1. The molecule has 0 fully saturated rings. The van der Waals surface area contributed by atoms with Gasteiger partial charge in [0.25, 0.3) is 0 Å². The van der Waals surface area contributed by atoms with Crippen molar-refractivity contribution in [3.05, 3.63) is 59.0 Å². The minimum Gasteiger partial charge on any atom is -0.507 e. The Morgan fingerprint density at radius 1 is 1.13 bits per heavy atom. The molecule has 116 valence electrons. The number of benzene rings is 2. The highest BCUT2D eigenvalue weighted by Crippen LogP contribution is 2.32. The summed E-state index contributed by atoms with van der Waals surface area (Å²) >= 11 is 1.52. The molecule has 0 aliphatic heterocycles. The molecule has 2 aromatic carbocycles. The molecule has 0 aliphatic rings. The van der Waals surface area contributed by atoms with Crippen molar-refractivity contribution in [2.75, 3.05) is 7.11 Å². The quantitative estimate of drug-likeness (QED) is 0.715. The predicted octanol–water partition coefficient (Wildman–Crippen LogP) is 4.58. The van der Waals surface area contributed by atoms with Gasteiger partial charge in [-0.05, 0) is 43.3 Å². The van der Waals surface area contributed by atoms with Crippen LogP contribution in [-0.4, -0.2) is 23.4 Å². The van der Waals surface area contributed by atoms with E-state index in [-0.39, 0.29) is 5.75 Å². The average molecular weight is 324 g/mol. The lowest BCUT2D eigenvalue weighted by Gasteiger charge is -2.01. The number of hydrogen-bond donors (Lipinski definition) is 1. The van der Waals surface area contributed by atoms with Crippen molar-refractivity contribution in [1.29, 1.82) is 0 Å². The molecule has 3 rings (SSSR count). The van der Waals surface area contributed by atoms with Gasteiger partial charge in [0.2, 0.25) is 5.13 Å². The summed E-state index contributed by atoms with van der Waals surface area (Å²) < 4.78 is 5.17. The number of methoxy groups -OCH3 is 1. The Labute approximate surface area is 138 Å². The molecule has 4 nitrogen and oxygen atoms in total. The SMILES string of the molecule is COc1ccc(-c2nc(N=Cc3ccccc3O)sc2C)cc1. The molecule has 1 aromatic heterocycles. The number of rotatable bonds is 4. The first-order chi connectivity index (χ1) is 11.2. The van der Waals surface area contributed by atoms with E-state index in [1.54, 1.807) is 25.5 Å². The monoisotopic (exact) mass is 324 g/mol. The van der Waals surface area contributed by atoms with Gasteiger partial charge < -0.3 is 9.84 Å². The Morgan fingerprint density at radius 2 is 1.87 bits per heavy atom. The number of nitrogens with zero attached hydrogens (tertiary/aromatic N) is 2. The zero-order chi connectivity index (χ0) is 16.2. The van der Waals surface area contributed by atoms with Crippen LogP contribution in [-0.2, 0) is 0 Å². The number of hydrogen-bond acceptors (Lipinski definition) is 5. The van der Waals surface area contributed by atoms with E-state index in [0.717, 1.165) is 21.9 Å². The van der Waals surface area contributed by atoms with Crippen LogP contribution >= 0.6 is 11.3 Å². The smallest absolute Gasteiger partial charge is 0.209 e. The fourth-order valence-corrected chi connectivity index (χ4v) is 2.95. The molecule has 0 saturated heterocycles. The van der Waals surface area contributed by atoms with Crippen LogP contribution in [0.4, 0.5) is 5.13 Å². The molecule has 0 unspecified atom stereocenters. The second-order valence-electron chi connectivity index (χ2n) is 4.95. The molecule has 0 saturated carbocycles. The molecular formula is C18H16N2O2S. The molecule has 0 amide bonds. The molecule has 23 heavy (non-hydrogen) atoms. The van der Waals surface area contributed by atoms with Crippen molar-refractivity contribution < 1.29 is 9.84 Å². The van der Waals surface area contributed by atoms with E-state index in [4.69, 9.17) is 4.74 Å². The van der Waals surface area contributed by atoms with E-state index in [2.05, 4.69) is 9.98 Å².